The van der Waals surface area contributed by atoms with Crippen molar-refractivity contribution in [2.45, 2.75) is 12.5 Å². The number of halogens is 1. The van der Waals surface area contributed by atoms with E-state index in [2.05, 4.69) is 5.32 Å². The van der Waals surface area contributed by atoms with Crippen LogP contribution in [0.15, 0.2) is 18.2 Å². The van der Waals surface area contributed by atoms with E-state index in [1.807, 2.05) is 11.8 Å². The molecule has 1 saturated heterocycles. The van der Waals surface area contributed by atoms with Crippen LogP contribution in [-0.2, 0) is 0 Å². The van der Waals surface area contributed by atoms with E-state index >= 15 is 0 Å². The van der Waals surface area contributed by atoms with Gasteiger partial charge in [0.1, 0.15) is 0 Å². The van der Waals surface area contributed by atoms with Crippen molar-refractivity contribution in [3.8, 4) is 0 Å². The number of non-ortho nitro benzene ring substituents is 1. The van der Waals surface area contributed by atoms with Gasteiger partial charge in [0.15, 0.2) is 0 Å². The van der Waals surface area contributed by atoms with Gasteiger partial charge in [-0.1, -0.05) is 11.6 Å². The number of anilines is 1. The Kier molecular flexibility index (Phi) is 3.56. The smallest absolute Gasteiger partial charge is 0.271 e. The Morgan fingerprint density at radius 1 is 1.56 bits per heavy atom. The summed E-state index contributed by atoms with van der Waals surface area (Å²) in [6.07, 6.45) is 1.11. The summed E-state index contributed by atoms with van der Waals surface area (Å²) in [4.78, 5) is 10.1. The highest BCUT2D eigenvalue weighted by Crippen LogP contribution is 2.29. The molecule has 16 heavy (non-hydrogen) atoms. The zero-order valence-electron chi connectivity index (χ0n) is 8.48. The fourth-order valence-electron chi connectivity index (χ4n) is 1.60. The van der Waals surface area contributed by atoms with Crippen LogP contribution >= 0.6 is 23.4 Å². The van der Waals surface area contributed by atoms with E-state index < -0.39 is 4.92 Å². The lowest BCUT2D eigenvalue weighted by atomic mass is 10.2. The summed E-state index contributed by atoms with van der Waals surface area (Å²) in [5.74, 6) is 2.22. The fourth-order valence-corrected chi connectivity index (χ4v) is 2.98. The number of thioether (sulfide) groups is 1. The van der Waals surface area contributed by atoms with Gasteiger partial charge < -0.3 is 5.32 Å². The summed E-state index contributed by atoms with van der Waals surface area (Å²) in [6, 6.07) is 4.94. The van der Waals surface area contributed by atoms with Crippen LogP contribution < -0.4 is 5.32 Å². The zero-order valence-corrected chi connectivity index (χ0v) is 10.1. The van der Waals surface area contributed by atoms with Crippen molar-refractivity contribution in [2.24, 2.45) is 0 Å². The summed E-state index contributed by atoms with van der Waals surface area (Å²) in [6.45, 7) is 0. The molecule has 0 saturated carbocycles. The number of nitrogens with zero attached hydrogens (tertiary/aromatic N) is 1. The van der Waals surface area contributed by atoms with Crippen molar-refractivity contribution in [2.75, 3.05) is 16.8 Å². The number of hydrogen-bond donors (Lipinski definition) is 1. The average Bonchev–Trinajstić information content (AvgIpc) is 2.73. The Balaban J connectivity index is 2.12. The first kappa shape index (κ1) is 11.5. The van der Waals surface area contributed by atoms with Crippen LogP contribution in [0.5, 0.6) is 0 Å². The van der Waals surface area contributed by atoms with Crippen LogP contribution in [-0.4, -0.2) is 22.5 Å². The predicted octanol–water partition coefficient (Wildman–Crippen LogP) is 3.17. The number of nitrogens with one attached hydrogen (secondary N) is 1. The minimum Gasteiger partial charge on any atom is -0.380 e. The molecule has 1 aliphatic heterocycles. The molecule has 1 fully saturated rings. The molecule has 0 radical (unpaired) electrons. The van der Waals surface area contributed by atoms with Crippen molar-refractivity contribution >= 4 is 34.7 Å². The summed E-state index contributed by atoms with van der Waals surface area (Å²) in [5.41, 5.74) is 0.802. The molecular formula is C10H11ClN2O2S. The molecule has 1 heterocycles. The molecule has 2 rings (SSSR count). The molecule has 0 aromatic heterocycles. The Morgan fingerprint density at radius 2 is 2.38 bits per heavy atom. The lowest BCUT2D eigenvalue weighted by molar-refractivity contribution is -0.384. The van der Waals surface area contributed by atoms with Gasteiger partial charge in [0.2, 0.25) is 0 Å². The summed E-state index contributed by atoms with van der Waals surface area (Å²) < 4.78 is 0. The first-order valence-corrected chi connectivity index (χ1v) is 6.48. The summed E-state index contributed by atoms with van der Waals surface area (Å²) in [7, 11) is 0. The van der Waals surface area contributed by atoms with Gasteiger partial charge in [-0.05, 0) is 18.2 Å². The molecular weight excluding hydrogens is 248 g/mol. The summed E-state index contributed by atoms with van der Waals surface area (Å²) >= 11 is 7.88. The Labute approximate surface area is 103 Å². The van der Waals surface area contributed by atoms with Gasteiger partial charge in [-0.3, -0.25) is 10.1 Å². The van der Waals surface area contributed by atoms with Gasteiger partial charge >= 0.3 is 0 Å². The van der Waals surface area contributed by atoms with E-state index in [1.54, 1.807) is 6.07 Å². The molecule has 0 aliphatic carbocycles. The van der Waals surface area contributed by atoms with Crippen LogP contribution in [0.3, 0.4) is 0 Å². The van der Waals surface area contributed by atoms with Crippen LogP contribution in [0.2, 0.25) is 5.02 Å². The standard InChI is InChI=1S/C10H11ClN2O2S/c11-9-5-8(13(14)15)1-2-10(9)12-7-3-4-16-6-7/h1-2,5,7,12H,3-4,6H2. The Morgan fingerprint density at radius 3 is 2.94 bits per heavy atom. The maximum absolute atomic E-state index is 10.5. The van der Waals surface area contributed by atoms with Gasteiger partial charge in [-0.15, -0.1) is 0 Å². The minimum absolute atomic E-state index is 0.0244. The number of rotatable bonds is 3. The second-order valence-corrected chi connectivity index (χ2v) is 5.18. The molecule has 1 aromatic rings. The van der Waals surface area contributed by atoms with E-state index in [0.717, 1.165) is 23.6 Å². The first-order chi connectivity index (χ1) is 7.66. The third-order valence-electron chi connectivity index (χ3n) is 2.45. The largest absolute Gasteiger partial charge is 0.380 e. The molecule has 1 aromatic carbocycles. The molecule has 1 N–H and O–H groups in total. The molecule has 1 unspecified atom stereocenters. The van der Waals surface area contributed by atoms with Crippen molar-refractivity contribution in [1.82, 2.24) is 0 Å². The van der Waals surface area contributed by atoms with Crippen molar-refractivity contribution < 1.29 is 4.92 Å². The number of benzene rings is 1. The van der Waals surface area contributed by atoms with Gasteiger partial charge in [0.05, 0.1) is 15.6 Å². The molecule has 4 nitrogen and oxygen atoms in total. The van der Waals surface area contributed by atoms with E-state index in [0.29, 0.717) is 11.1 Å². The lowest BCUT2D eigenvalue weighted by Gasteiger charge is -2.13. The summed E-state index contributed by atoms with van der Waals surface area (Å²) in [5, 5.41) is 14.2. The normalized spacial score (nSPS) is 19.7. The van der Waals surface area contributed by atoms with E-state index in [4.69, 9.17) is 11.6 Å². The first-order valence-electron chi connectivity index (χ1n) is 4.95. The highest BCUT2D eigenvalue weighted by molar-refractivity contribution is 7.99. The third-order valence-corrected chi connectivity index (χ3v) is 3.93. The molecule has 6 heteroatoms. The molecule has 86 valence electrons. The Hall–Kier alpha value is -0.940. The quantitative estimate of drug-likeness (QED) is 0.668. The minimum atomic E-state index is -0.443. The average molecular weight is 259 g/mol. The highest BCUT2D eigenvalue weighted by atomic mass is 35.5. The third kappa shape index (κ3) is 2.59. The van der Waals surface area contributed by atoms with Crippen LogP contribution in [0.1, 0.15) is 6.42 Å². The van der Waals surface area contributed by atoms with Gasteiger partial charge in [-0.25, -0.2) is 0 Å². The predicted molar refractivity (Wildman–Crippen MR) is 67.5 cm³/mol. The zero-order chi connectivity index (χ0) is 11.5. The number of nitro groups is 1. The van der Waals surface area contributed by atoms with E-state index in [9.17, 15) is 10.1 Å². The van der Waals surface area contributed by atoms with Crippen LogP contribution in [0, 0.1) is 10.1 Å². The molecule has 0 amide bonds. The molecule has 0 bridgehead atoms. The van der Waals surface area contributed by atoms with E-state index in [-0.39, 0.29) is 5.69 Å². The lowest BCUT2D eigenvalue weighted by Crippen LogP contribution is -2.18. The van der Waals surface area contributed by atoms with Gasteiger partial charge in [-0.2, -0.15) is 11.8 Å². The van der Waals surface area contributed by atoms with E-state index in [1.165, 1.54) is 12.1 Å². The van der Waals surface area contributed by atoms with Crippen molar-refractivity contribution in [3.05, 3.63) is 33.3 Å². The Bertz CT molecular complexity index is 408. The fraction of sp³-hybridized carbons (Fsp3) is 0.400. The number of hydrogen-bond acceptors (Lipinski definition) is 4. The van der Waals surface area contributed by atoms with Crippen LogP contribution in [0.4, 0.5) is 11.4 Å². The van der Waals surface area contributed by atoms with Gasteiger partial charge in [0, 0.05) is 23.9 Å². The molecule has 1 atom stereocenters. The van der Waals surface area contributed by atoms with Crippen LogP contribution in [0.25, 0.3) is 0 Å². The maximum Gasteiger partial charge on any atom is 0.271 e. The maximum atomic E-state index is 10.5. The van der Waals surface area contributed by atoms with Crippen molar-refractivity contribution in [3.63, 3.8) is 0 Å². The topological polar surface area (TPSA) is 55.2 Å². The van der Waals surface area contributed by atoms with Crippen molar-refractivity contribution in [1.29, 1.82) is 0 Å². The monoisotopic (exact) mass is 258 g/mol. The molecule has 1 aliphatic rings. The molecule has 0 spiro atoms. The second kappa shape index (κ2) is 4.93. The SMILES string of the molecule is O=[N+]([O-])c1ccc(NC2CCSC2)c(Cl)c1. The second-order valence-electron chi connectivity index (χ2n) is 3.63. The highest BCUT2D eigenvalue weighted by Gasteiger charge is 2.17. The number of nitro benzene ring substituents is 1. The van der Waals surface area contributed by atoms with Gasteiger partial charge in [0.25, 0.3) is 5.69 Å².